The van der Waals surface area contributed by atoms with Crippen molar-refractivity contribution in [3.05, 3.63) is 18.2 Å². The lowest BCUT2D eigenvalue weighted by atomic mass is 9.88. The molecular weight excluding hydrogens is 310 g/mol. The van der Waals surface area contributed by atoms with Gasteiger partial charge in [-0.25, -0.2) is 4.98 Å². The fourth-order valence-corrected chi connectivity index (χ4v) is 4.93. The Hall–Kier alpha value is -1.95. The van der Waals surface area contributed by atoms with Crippen molar-refractivity contribution in [1.29, 1.82) is 0 Å². The molecule has 2 N–H and O–H groups in total. The first-order valence-corrected chi connectivity index (χ1v) is 8.89. The summed E-state index contributed by atoms with van der Waals surface area (Å²) in [7, 11) is 0. The molecule has 2 fully saturated rings. The standard InChI is InChI=1S/C17H19N3O2S/c1-9(21)18-12-4-5-14-15(8-12)23-17(19-14)20-16(22)13-7-10-2-3-11(13)6-10/h4-5,8,10-11,13H,2-3,6-7H2,1H3,(H,18,21)(H,19,20,22). The summed E-state index contributed by atoms with van der Waals surface area (Å²) in [4.78, 5) is 28.1. The lowest BCUT2D eigenvalue weighted by Crippen LogP contribution is -2.27. The number of benzene rings is 1. The van der Waals surface area contributed by atoms with Gasteiger partial charge in [-0.2, -0.15) is 0 Å². The number of fused-ring (bicyclic) bond motifs is 3. The van der Waals surface area contributed by atoms with Gasteiger partial charge in [0.15, 0.2) is 5.13 Å². The highest BCUT2D eigenvalue weighted by Crippen LogP contribution is 2.48. The van der Waals surface area contributed by atoms with Gasteiger partial charge < -0.3 is 10.6 Å². The molecule has 2 amide bonds. The fraction of sp³-hybridized carbons (Fsp3) is 0.471. The Bertz CT molecular complexity index is 785. The molecular formula is C17H19N3O2S. The van der Waals surface area contributed by atoms with Crippen molar-refractivity contribution in [3.8, 4) is 0 Å². The maximum absolute atomic E-state index is 12.5. The van der Waals surface area contributed by atoms with Crippen LogP contribution in [0, 0.1) is 17.8 Å². The van der Waals surface area contributed by atoms with Crippen LogP contribution in [0.25, 0.3) is 10.2 Å². The summed E-state index contributed by atoms with van der Waals surface area (Å²) in [5.74, 6) is 1.51. The van der Waals surface area contributed by atoms with Gasteiger partial charge in [0.1, 0.15) is 0 Å². The number of aromatic nitrogens is 1. The SMILES string of the molecule is CC(=O)Nc1ccc2nc(NC(=O)C3CC4CCC3C4)sc2c1. The third-order valence-electron chi connectivity index (χ3n) is 5.01. The highest BCUT2D eigenvalue weighted by molar-refractivity contribution is 7.22. The van der Waals surface area contributed by atoms with Crippen molar-refractivity contribution in [3.63, 3.8) is 0 Å². The van der Waals surface area contributed by atoms with Crippen LogP contribution < -0.4 is 10.6 Å². The third kappa shape index (κ3) is 2.83. The van der Waals surface area contributed by atoms with Crippen molar-refractivity contribution < 1.29 is 9.59 Å². The van der Waals surface area contributed by atoms with Gasteiger partial charge in [0.2, 0.25) is 11.8 Å². The molecule has 0 radical (unpaired) electrons. The molecule has 0 aliphatic heterocycles. The van der Waals surface area contributed by atoms with E-state index in [9.17, 15) is 9.59 Å². The molecule has 1 heterocycles. The number of rotatable bonds is 3. The highest BCUT2D eigenvalue weighted by atomic mass is 32.1. The number of nitrogens with one attached hydrogen (secondary N) is 2. The van der Waals surface area contributed by atoms with E-state index in [0.717, 1.165) is 28.2 Å². The summed E-state index contributed by atoms with van der Waals surface area (Å²) < 4.78 is 0.958. The number of thiazole rings is 1. The summed E-state index contributed by atoms with van der Waals surface area (Å²) in [5, 5.41) is 6.41. The van der Waals surface area contributed by atoms with Crippen molar-refractivity contribution in [2.75, 3.05) is 10.6 Å². The molecule has 2 aliphatic rings. The molecule has 2 aromatic rings. The van der Waals surface area contributed by atoms with E-state index in [4.69, 9.17) is 0 Å². The molecule has 1 aromatic carbocycles. The number of hydrogen-bond donors (Lipinski definition) is 2. The summed E-state index contributed by atoms with van der Waals surface area (Å²) in [5.41, 5.74) is 1.59. The van der Waals surface area contributed by atoms with Gasteiger partial charge in [-0.3, -0.25) is 9.59 Å². The lowest BCUT2D eigenvalue weighted by Gasteiger charge is -2.19. The maximum Gasteiger partial charge on any atom is 0.229 e. The van der Waals surface area contributed by atoms with Gasteiger partial charge in [-0.15, -0.1) is 0 Å². The Kier molecular flexibility index (Phi) is 3.56. The Morgan fingerprint density at radius 2 is 2.09 bits per heavy atom. The second-order valence-electron chi connectivity index (χ2n) is 6.65. The van der Waals surface area contributed by atoms with Crippen molar-refractivity contribution in [2.45, 2.75) is 32.6 Å². The molecule has 3 unspecified atom stereocenters. The Balaban J connectivity index is 1.50. The van der Waals surface area contributed by atoms with Crippen LogP contribution in [-0.4, -0.2) is 16.8 Å². The second-order valence-corrected chi connectivity index (χ2v) is 7.68. The smallest absolute Gasteiger partial charge is 0.229 e. The van der Waals surface area contributed by atoms with E-state index in [2.05, 4.69) is 15.6 Å². The van der Waals surface area contributed by atoms with Crippen LogP contribution in [0.5, 0.6) is 0 Å². The maximum atomic E-state index is 12.5. The van der Waals surface area contributed by atoms with Gasteiger partial charge in [0.25, 0.3) is 0 Å². The summed E-state index contributed by atoms with van der Waals surface area (Å²) in [6, 6.07) is 5.58. The monoisotopic (exact) mass is 329 g/mol. The quantitative estimate of drug-likeness (QED) is 0.903. The molecule has 23 heavy (non-hydrogen) atoms. The molecule has 5 nitrogen and oxygen atoms in total. The molecule has 2 aliphatic carbocycles. The van der Waals surface area contributed by atoms with E-state index in [1.807, 2.05) is 18.2 Å². The zero-order chi connectivity index (χ0) is 16.0. The fourth-order valence-electron chi connectivity index (χ4n) is 4.02. The van der Waals surface area contributed by atoms with E-state index in [-0.39, 0.29) is 17.7 Å². The number of nitrogens with zero attached hydrogens (tertiary/aromatic N) is 1. The minimum Gasteiger partial charge on any atom is -0.326 e. The van der Waals surface area contributed by atoms with Crippen LogP contribution in [0.4, 0.5) is 10.8 Å². The van der Waals surface area contributed by atoms with Gasteiger partial charge in [-0.1, -0.05) is 17.8 Å². The highest BCUT2D eigenvalue weighted by Gasteiger charge is 2.43. The summed E-state index contributed by atoms with van der Waals surface area (Å²) >= 11 is 1.45. The molecule has 2 bridgehead atoms. The minimum absolute atomic E-state index is 0.0984. The molecule has 4 rings (SSSR count). The normalized spacial score (nSPS) is 25.7. The number of hydrogen-bond acceptors (Lipinski definition) is 4. The molecule has 6 heteroatoms. The Labute approximate surface area is 138 Å². The van der Waals surface area contributed by atoms with Crippen LogP contribution in [0.15, 0.2) is 18.2 Å². The zero-order valence-electron chi connectivity index (χ0n) is 13.0. The van der Waals surface area contributed by atoms with Crippen LogP contribution in [0.1, 0.15) is 32.6 Å². The molecule has 0 saturated heterocycles. The molecule has 120 valence electrons. The largest absolute Gasteiger partial charge is 0.326 e. The van der Waals surface area contributed by atoms with Crippen molar-refractivity contribution in [2.24, 2.45) is 17.8 Å². The predicted molar refractivity (Wildman–Crippen MR) is 91.5 cm³/mol. The molecule has 1 aromatic heterocycles. The van der Waals surface area contributed by atoms with Gasteiger partial charge in [0.05, 0.1) is 10.2 Å². The van der Waals surface area contributed by atoms with Gasteiger partial charge in [-0.05, 0) is 49.3 Å². The number of carbonyl (C=O) groups excluding carboxylic acids is 2. The Morgan fingerprint density at radius 3 is 2.78 bits per heavy atom. The van der Waals surface area contributed by atoms with Gasteiger partial charge in [0, 0.05) is 18.5 Å². The van der Waals surface area contributed by atoms with E-state index < -0.39 is 0 Å². The van der Waals surface area contributed by atoms with Crippen LogP contribution >= 0.6 is 11.3 Å². The molecule has 2 saturated carbocycles. The first-order valence-electron chi connectivity index (χ1n) is 8.07. The summed E-state index contributed by atoms with van der Waals surface area (Å²) in [6.45, 7) is 1.48. The average molecular weight is 329 g/mol. The third-order valence-corrected chi connectivity index (χ3v) is 5.95. The van der Waals surface area contributed by atoms with Crippen LogP contribution in [0.2, 0.25) is 0 Å². The minimum atomic E-state index is -0.0984. The van der Waals surface area contributed by atoms with Crippen molar-refractivity contribution >= 4 is 44.2 Å². The first-order chi connectivity index (χ1) is 11.1. The Morgan fingerprint density at radius 1 is 1.22 bits per heavy atom. The number of amides is 2. The van der Waals surface area contributed by atoms with Gasteiger partial charge >= 0.3 is 0 Å². The topological polar surface area (TPSA) is 71.1 Å². The molecule has 3 atom stereocenters. The predicted octanol–water partition coefficient (Wildman–Crippen LogP) is 3.63. The number of anilines is 2. The number of carbonyl (C=O) groups is 2. The van der Waals surface area contributed by atoms with E-state index in [0.29, 0.717) is 11.0 Å². The van der Waals surface area contributed by atoms with Crippen LogP contribution in [0.3, 0.4) is 0 Å². The van der Waals surface area contributed by atoms with Crippen LogP contribution in [-0.2, 0) is 9.59 Å². The summed E-state index contributed by atoms with van der Waals surface area (Å²) in [6.07, 6.45) is 4.75. The van der Waals surface area contributed by atoms with E-state index >= 15 is 0 Å². The van der Waals surface area contributed by atoms with E-state index in [1.54, 1.807) is 0 Å². The first kappa shape index (κ1) is 14.6. The van der Waals surface area contributed by atoms with E-state index in [1.165, 1.54) is 37.5 Å². The second kappa shape index (κ2) is 5.60. The lowest BCUT2D eigenvalue weighted by molar-refractivity contribution is -0.121. The van der Waals surface area contributed by atoms with Crippen molar-refractivity contribution in [1.82, 2.24) is 4.98 Å². The average Bonchev–Trinajstić information content (AvgIpc) is 3.19. The zero-order valence-corrected chi connectivity index (χ0v) is 13.8. The molecule has 0 spiro atoms.